The van der Waals surface area contributed by atoms with Gasteiger partial charge in [0.2, 0.25) is 0 Å². The molecule has 21 heavy (non-hydrogen) atoms. The lowest BCUT2D eigenvalue weighted by Crippen LogP contribution is -2.12. The van der Waals surface area contributed by atoms with Crippen molar-refractivity contribution in [1.29, 1.82) is 0 Å². The van der Waals surface area contributed by atoms with E-state index in [0.717, 1.165) is 0 Å². The van der Waals surface area contributed by atoms with E-state index >= 15 is 0 Å². The molecule has 0 N–H and O–H groups in total. The van der Waals surface area contributed by atoms with Crippen LogP contribution in [0.25, 0.3) is 0 Å². The number of hydrogen-bond donors (Lipinski definition) is 0. The molecule has 114 valence electrons. The van der Waals surface area contributed by atoms with E-state index in [0.29, 0.717) is 0 Å². The van der Waals surface area contributed by atoms with Gasteiger partial charge in [-0.05, 0) is 32.0 Å². The minimum atomic E-state index is -0.600. The highest BCUT2D eigenvalue weighted by molar-refractivity contribution is 5.96. The largest absolute Gasteiger partial charge is 0.462 e. The summed E-state index contributed by atoms with van der Waals surface area (Å²) in [6, 6.07) is 4.06. The fourth-order valence-corrected chi connectivity index (χ4v) is 1.53. The molecule has 1 rings (SSSR count). The molecular formula is C15H18O6. The van der Waals surface area contributed by atoms with Crippen LogP contribution in [-0.4, -0.2) is 31.1 Å². The molecule has 0 amide bonds. The van der Waals surface area contributed by atoms with Gasteiger partial charge in [0.25, 0.3) is 0 Å². The van der Waals surface area contributed by atoms with Crippen molar-refractivity contribution in [3.63, 3.8) is 0 Å². The van der Waals surface area contributed by atoms with Crippen LogP contribution in [0.3, 0.4) is 0 Å². The van der Waals surface area contributed by atoms with Gasteiger partial charge < -0.3 is 14.2 Å². The second kappa shape index (κ2) is 8.04. The molecule has 0 atom stereocenters. The summed E-state index contributed by atoms with van der Waals surface area (Å²) in [6.07, 6.45) is 0.179. The Labute approximate surface area is 123 Å². The van der Waals surface area contributed by atoms with Gasteiger partial charge in [0.15, 0.2) is 0 Å². The summed E-state index contributed by atoms with van der Waals surface area (Å²) in [5.74, 6) is -1.56. The standard InChI is InChI=1S/C15H18O6/c1-4-13(16)21-12-8-10(14(17)19-5-2)7-11(9-12)15(18)20-6-3/h7-9H,4-6H2,1-3H3. The van der Waals surface area contributed by atoms with E-state index in [1.54, 1.807) is 20.8 Å². The lowest BCUT2D eigenvalue weighted by atomic mass is 10.1. The normalized spacial score (nSPS) is 9.86. The molecule has 0 radical (unpaired) electrons. The minimum absolute atomic E-state index is 0.107. The Bertz CT molecular complexity index is 499. The molecular weight excluding hydrogens is 276 g/mol. The zero-order valence-electron chi connectivity index (χ0n) is 12.3. The molecule has 1 aromatic carbocycles. The maximum atomic E-state index is 11.8. The molecule has 0 bridgehead atoms. The van der Waals surface area contributed by atoms with Crippen LogP contribution in [-0.2, 0) is 14.3 Å². The maximum absolute atomic E-state index is 11.8. The lowest BCUT2D eigenvalue weighted by Gasteiger charge is -2.09. The van der Waals surface area contributed by atoms with E-state index in [4.69, 9.17) is 14.2 Å². The molecule has 0 aromatic heterocycles. The van der Waals surface area contributed by atoms with E-state index in [-0.39, 0.29) is 36.5 Å². The SMILES string of the molecule is CCOC(=O)c1cc(OC(=O)CC)cc(C(=O)OCC)c1. The van der Waals surface area contributed by atoms with Crippen molar-refractivity contribution in [2.75, 3.05) is 13.2 Å². The Hall–Kier alpha value is -2.37. The van der Waals surface area contributed by atoms with Gasteiger partial charge in [-0.1, -0.05) is 6.92 Å². The van der Waals surface area contributed by atoms with Gasteiger partial charge in [0.05, 0.1) is 24.3 Å². The zero-order valence-corrected chi connectivity index (χ0v) is 12.3. The molecule has 0 aliphatic heterocycles. The molecule has 6 nitrogen and oxygen atoms in total. The third kappa shape index (κ3) is 4.91. The predicted octanol–water partition coefficient (Wildman–Crippen LogP) is 2.36. The van der Waals surface area contributed by atoms with Gasteiger partial charge in [-0.15, -0.1) is 0 Å². The first-order chi connectivity index (χ1) is 10.0. The Kier molecular flexibility index (Phi) is 6.39. The summed E-state index contributed by atoms with van der Waals surface area (Å²) < 4.78 is 14.8. The third-order valence-electron chi connectivity index (χ3n) is 2.45. The Balaban J connectivity index is 3.15. The van der Waals surface area contributed by atoms with Crippen LogP contribution in [0, 0.1) is 0 Å². The number of ether oxygens (including phenoxy) is 3. The number of rotatable bonds is 6. The number of hydrogen-bond acceptors (Lipinski definition) is 6. The first-order valence-corrected chi connectivity index (χ1v) is 6.71. The van der Waals surface area contributed by atoms with Crippen LogP contribution in [0.5, 0.6) is 5.75 Å². The first-order valence-electron chi connectivity index (χ1n) is 6.71. The summed E-state index contributed by atoms with van der Waals surface area (Å²) in [7, 11) is 0. The molecule has 0 heterocycles. The number of carbonyl (C=O) groups excluding carboxylic acids is 3. The molecule has 0 spiro atoms. The highest BCUT2D eigenvalue weighted by atomic mass is 16.5. The summed E-state index contributed by atoms with van der Waals surface area (Å²) in [6.45, 7) is 5.39. The molecule has 0 unspecified atom stereocenters. The Morgan fingerprint density at radius 2 is 1.33 bits per heavy atom. The fraction of sp³-hybridized carbons (Fsp3) is 0.400. The fourth-order valence-electron chi connectivity index (χ4n) is 1.53. The van der Waals surface area contributed by atoms with E-state index in [1.165, 1.54) is 18.2 Å². The van der Waals surface area contributed by atoms with E-state index in [1.807, 2.05) is 0 Å². The first kappa shape index (κ1) is 16.7. The third-order valence-corrected chi connectivity index (χ3v) is 2.45. The van der Waals surface area contributed by atoms with Crippen LogP contribution < -0.4 is 4.74 Å². The van der Waals surface area contributed by atoms with Crippen LogP contribution in [0.1, 0.15) is 47.9 Å². The van der Waals surface area contributed by atoms with Crippen molar-refractivity contribution in [3.05, 3.63) is 29.3 Å². The van der Waals surface area contributed by atoms with E-state index < -0.39 is 17.9 Å². The quantitative estimate of drug-likeness (QED) is 0.592. The summed E-state index contributed by atoms with van der Waals surface area (Å²) >= 11 is 0. The van der Waals surface area contributed by atoms with Gasteiger partial charge in [-0.3, -0.25) is 4.79 Å². The number of benzene rings is 1. The maximum Gasteiger partial charge on any atom is 0.338 e. The van der Waals surface area contributed by atoms with E-state index in [2.05, 4.69) is 0 Å². The Morgan fingerprint density at radius 1 is 0.857 bits per heavy atom. The van der Waals surface area contributed by atoms with Crippen molar-refractivity contribution in [1.82, 2.24) is 0 Å². The molecule has 1 aromatic rings. The summed E-state index contributed by atoms with van der Waals surface area (Å²) in [5, 5.41) is 0. The second-order valence-corrected chi connectivity index (χ2v) is 4.01. The molecule has 0 aliphatic rings. The smallest absolute Gasteiger partial charge is 0.338 e. The van der Waals surface area contributed by atoms with Crippen molar-refractivity contribution in [2.45, 2.75) is 27.2 Å². The average molecular weight is 294 g/mol. The molecule has 6 heteroatoms. The minimum Gasteiger partial charge on any atom is -0.462 e. The van der Waals surface area contributed by atoms with Crippen LogP contribution >= 0.6 is 0 Å². The van der Waals surface area contributed by atoms with Gasteiger partial charge in [-0.2, -0.15) is 0 Å². The monoisotopic (exact) mass is 294 g/mol. The van der Waals surface area contributed by atoms with Gasteiger partial charge >= 0.3 is 17.9 Å². The molecule has 0 fully saturated rings. The predicted molar refractivity (Wildman–Crippen MR) is 74.3 cm³/mol. The summed E-state index contributed by atoms with van der Waals surface area (Å²) in [4.78, 5) is 34.9. The topological polar surface area (TPSA) is 78.9 Å². The van der Waals surface area contributed by atoms with Crippen LogP contribution in [0.2, 0.25) is 0 Å². The van der Waals surface area contributed by atoms with Gasteiger partial charge in [0.1, 0.15) is 5.75 Å². The zero-order chi connectivity index (χ0) is 15.8. The summed E-state index contributed by atoms with van der Waals surface area (Å²) in [5.41, 5.74) is 0.252. The van der Waals surface area contributed by atoms with Gasteiger partial charge in [-0.25, -0.2) is 9.59 Å². The Morgan fingerprint density at radius 3 is 1.71 bits per heavy atom. The second-order valence-electron chi connectivity index (χ2n) is 4.01. The van der Waals surface area contributed by atoms with E-state index in [9.17, 15) is 14.4 Å². The molecule has 0 aliphatic carbocycles. The lowest BCUT2D eigenvalue weighted by molar-refractivity contribution is -0.134. The number of esters is 3. The highest BCUT2D eigenvalue weighted by Crippen LogP contribution is 2.20. The van der Waals surface area contributed by atoms with Crippen LogP contribution in [0.15, 0.2) is 18.2 Å². The van der Waals surface area contributed by atoms with Crippen molar-refractivity contribution in [2.24, 2.45) is 0 Å². The van der Waals surface area contributed by atoms with Crippen molar-refractivity contribution in [3.8, 4) is 5.75 Å². The average Bonchev–Trinajstić information content (AvgIpc) is 2.47. The van der Waals surface area contributed by atoms with Crippen molar-refractivity contribution < 1.29 is 28.6 Å². The molecule has 0 saturated heterocycles. The number of carbonyl (C=O) groups is 3. The van der Waals surface area contributed by atoms with Gasteiger partial charge in [0, 0.05) is 6.42 Å². The van der Waals surface area contributed by atoms with Crippen LogP contribution in [0.4, 0.5) is 0 Å². The molecule has 0 saturated carbocycles. The highest BCUT2D eigenvalue weighted by Gasteiger charge is 2.16. The van der Waals surface area contributed by atoms with Crippen molar-refractivity contribution >= 4 is 17.9 Å².